The molecular formula is C17H30N4O2. The Kier molecular flexibility index (Phi) is 7.02. The van der Waals surface area contributed by atoms with Crippen molar-refractivity contribution in [2.24, 2.45) is 5.92 Å². The Bertz CT molecular complexity index is 481. The van der Waals surface area contributed by atoms with Crippen molar-refractivity contribution in [1.82, 2.24) is 19.9 Å². The molecule has 0 unspecified atom stereocenters. The fourth-order valence-electron chi connectivity index (χ4n) is 3.03. The maximum atomic E-state index is 12.4. The molecule has 1 aliphatic rings. The Morgan fingerprint density at radius 3 is 2.70 bits per heavy atom. The number of rotatable bonds is 8. The maximum absolute atomic E-state index is 12.4. The fraction of sp³-hybridized carbons (Fsp3) is 0.824. The summed E-state index contributed by atoms with van der Waals surface area (Å²) in [5.41, 5.74) is 0. The quantitative estimate of drug-likeness (QED) is 0.736. The number of nitrogens with zero attached hydrogens (tertiary/aromatic N) is 4. The molecule has 130 valence electrons. The van der Waals surface area contributed by atoms with E-state index in [0.29, 0.717) is 18.3 Å². The minimum absolute atomic E-state index is 0.173. The van der Waals surface area contributed by atoms with Gasteiger partial charge < -0.3 is 9.42 Å². The van der Waals surface area contributed by atoms with Crippen LogP contribution in [0.15, 0.2) is 4.52 Å². The van der Waals surface area contributed by atoms with E-state index >= 15 is 0 Å². The number of piperidine rings is 1. The Morgan fingerprint density at radius 1 is 1.30 bits per heavy atom. The molecule has 6 nitrogen and oxygen atoms in total. The lowest BCUT2D eigenvalue weighted by molar-refractivity contribution is -0.135. The van der Waals surface area contributed by atoms with Crippen LogP contribution in [0.5, 0.6) is 0 Å². The average molecular weight is 322 g/mol. The van der Waals surface area contributed by atoms with Crippen molar-refractivity contribution in [3.8, 4) is 0 Å². The Balaban J connectivity index is 1.75. The van der Waals surface area contributed by atoms with E-state index in [1.54, 1.807) is 0 Å². The predicted molar refractivity (Wildman–Crippen MR) is 88.8 cm³/mol. The minimum Gasteiger partial charge on any atom is -0.346 e. The van der Waals surface area contributed by atoms with Crippen LogP contribution in [0, 0.1) is 5.92 Å². The van der Waals surface area contributed by atoms with Crippen molar-refractivity contribution in [2.75, 3.05) is 26.7 Å². The lowest BCUT2D eigenvalue weighted by atomic mass is 9.95. The van der Waals surface area contributed by atoms with Crippen LogP contribution in [-0.4, -0.2) is 52.5 Å². The van der Waals surface area contributed by atoms with E-state index in [-0.39, 0.29) is 5.92 Å². The zero-order valence-electron chi connectivity index (χ0n) is 14.8. The molecule has 0 aliphatic carbocycles. The molecular weight excluding hydrogens is 292 g/mol. The van der Waals surface area contributed by atoms with Crippen molar-refractivity contribution >= 4 is 5.91 Å². The highest BCUT2D eigenvalue weighted by molar-refractivity contribution is 5.78. The van der Waals surface area contributed by atoms with Crippen LogP contribution in [0.1, 0.15) is 57.7 Å². The van der Waals surface area contributed by atoms with Gasteiger partial charge in [-0.3, -0.25) is 9.69 Å². The zero-order chi connectivity index (χ0) is 16.7. The molecule has 2 rings (SSSR count). The number of aryl methyl sites for hydroxylation is 1. The van der Waals surface area contributed by atoms with Crippen molar-refractivity contribution in [1.29, 1.82) is 0 Å². The summed E-state index contributed by atoms with van der Waals surface area (Å²) in [5.74, 6) is 1.97. The molecule has 0 atom stereocenters. The van der Waals surface area contributed by atoms with Gasteiger partial charge in [-0.05, 0) is 38.8 Å². The molecule has 0 radical (unpaired) electrons. The summed E-state index contributed by atoms with van der Waals surface area (Å²) >= 11 is 0. The lowest BCUT2D eigenvalue weighted by Gasteiger charge is -2.32. The normalized spacial score (nSPS) is 16.7. The lowest BCUT2D eigenvalue weighted by Crippen LogP contribution is -2.41. The van der Waals surface area contributed by atoms with Crippen LogP contribution in [-0.2, 0) is 17.8 Å². The largest absolute Gasteiger partial charge is 0.346 e. The van der Waals surface area contributed by atoms with Gasteiger partial charge in [0.05, 0.1) is 6.54 Å². The van der Waals surface area contributed by atoms with Crippen LogP contribution in [0.25, 0.3) is 0 Å². The molecule has 0 saturated carbocycles. The summed E-state index contributed by atoms with van der Waals surface area (Å²) in [6.45, 7) is 7.67. The molecule has 6 heteroatoms. The summed E-state index contributed by atoms with van der Waals surface area (Å²) < 4.78 is 5.30. The van der Waals surface area contributed by atoms with Crippen LogP contribution in [0.3, 0.4) is 0 Å². The highest BCUT2D eigenvalue weighted by Gasteiger charge is 2.27. The number of aromatic nitrogens is 2. The van der Waals surface area contributed by atoms with Crippen LogP contribution in [0.2, 0.25) is 0 Å². The number of carbonyl (C=O) groups is 1. The minimum atomic E-state index is 0.173. The standard InChI is InChI=1S/C17H30N4O2/c1-4-6-10-20(3)17(22)14-8-11-21(12-9-14)13-16-18-15(7-5-2)19-23-16/h14H,4-13H2,1-3H3. The van der Waals surface area contributed by atoms with Gasteiger partial charge in [-0.25, -0.2) is 0 Å². The van der Waals surface area contributed by atoms with Crippen molar-refractivity contribution in [3.05, 3.63) is 11.7 Å². The molecule has 2 heterocycles. The highest BCUT2D eigenvalue weighted by atomic mass is 16.5. The molecule has 1 amide bonds. The Morgan fingerprint density at radius 2 is 2.04 bits per heavy atom. The van der Waals surface area contributed by atoms with E-state index in [1.807, 2.05) is 11.9 Å². The van der Waals surface area contributed by atoms with Crippen LogP contribution >= 0.6 is 0 Å². The molecule has 1 aliphatic heterocycles. The topological polar surface area (TPSA) is 62.5 Å². The summed E-state index contributed by atoms with van der Waals surface area (Å²) in [7, 11) is 1.93. The molecule has 23 heavy (non-hydrogen) atoms. The van der Waals surface area contributed by atoms with Gasteiger partial charge in [-0.15, -0.1) is 0 Å². The smallest absolute Gasteiger partial charge is 0.240 e. The first kappa shape index (κ1) is 17.9. The number of hydrogen-bond acceptors (Lipinski definition) is 5. The predicted octanol–water partition coefficient (Wildman–Crippen LogP) is 2.49. The summed E-state index contributed by atoms with van der Waals surface area (Å²) in [4.78, 5) is 21.0. The van der Waals surface area contributed by atoms with Gasteiger partial charge in [-0.2, -0.15) is 4.98 Å². The van der Waals surface area contributed by atoms with Crippen LogP contribution in [0.4, 0.5) is 0 Å². The first-order valence-electron chi connectivity index (χ1n) is 8.92. The third-order valence-electron chi connectivity index (χ3n) is 4.50. The summed E-state index contributed by atoms with van der Waals surface area (Å²) in [6.07, 6.45) is 5.94. The second-order valence-corrected chi connectivity index (χ2v) is 6.52. The van der Waals surface area contributed by atoms with Gasteiger partial charge in [-0.1, -0.05) is 25.4 Å². The van der Waals surface area contributed by atoms with E-state index in [2.05, 4.69) is 28.9 Å². The molecule has 0 aromatic carbocycles. The fourth-order valence-corrected chi connectivity index (χ4v) is 3.03. The van der Waals surface area contributed by atoms with E-state index in [4.69, 9.17) is 4.52 Å². The van der Waals surface area contributed by atoms with E-state index in [1.165, 1.54) is 0 Å². The van der Waals surface area contributed by atoms with Gasteiger partial charge in [0.1, 0.15) is 0 Å². The molecule has 1 saturated heterocycles. The first-order valence-corrected chi connectivity index (χ1v) is 8.92. The first-order chi connectivity index (χ1) is 11.1. The molecule has 0 bridgehead atoms. The number of amides is 1. The second-order valence-electron chi connectivity index (χ2n) is 6.52. The van der Waals surface area contributed by atoms with Crippen molar-refractivity contribution < 1.29 is 9.32 Å². The maximum Gasteiger partial charge on any atom is 0.240 e. The third kappa shape index (κ3) is 5.30. The average Bonchev–Trinajstić information content (AvgIpc) is 3.00. The Labute approximate surface area is 139 Å². The van der Waals surface area contributed by atoms with Gasteiger partial charge in [0.15, 0.2) is 5.82 Å². The molecule has 0 spiro atoms. The van der Waals surface area contributed by atoms with E-state index in [9.17, 15) is 4.79 Å². The SMILES string of the molecule is CCCCN(C)C(=O)C1CCN(Cc2nc(CCC)no2)CC1. The zero-order valence-corrected chi connectivity index (χ0v) is 14.8. The monoisotopic (exact) mass is 322 g/mol. The van der Waals surface area contributed by atoms with Gasteiger partial charge >= 0.3 is 0 Å². The van der Waals surface area contributed by atoms with Gasteiger partial charge in [0.25, 0.3) is 0 Å². The summed E-state index contributed by atoms with van der Waals surface area (Å²) in [6, 6.07) is 0. The van der Waals surface area contributed by atoms with E-state index in [0.717, 1.165) is 64.0 Å². The second kappa shape index (κ2) is 9.01. The van der Waals surface area contributed by atoms with Crippen molar-refractivity contribution in [3.63, 3.8) is 0 Å². The molecule has 1 fully saturated rings. The molecule has 0 N–H and O–H groups in total. The third-order valence-corrected chi connectivity index (χ3v) is 4.50. The van der Waals surface area contributed by atoms with Crippen LogP contribution < -0.4 is 0 Å². The number of hydrogen-bond donors (Lipinski definition) is 0. The van der Waals surface area contributed by atoms with E-state index < -0.39 is 0 Å². The Hall–Kier alpha value is -1.43. The highest BCUT2D eigenvalue weighted by Crippen LogP contribution is 2.20. The number of likely N-dealkylation sites (tertiary alicyclic amines) is 1. The summed E-state index contributed by atoms with van der Waals surface area (Å²) in [5, 5.41) is 3.99. The van der Waals surface area contributed by atoms with Gasteiger partial charge in [0.2, 0.25) is 11.8 Å². The van der Waals surface area contributed by atoms with Gasteiger partial charge in [0, 0.05) is 25.9 Å². The molecule has 1 aromatic rings. The number of carbonyl (C=O) groups excluding carboxylic acids is 1. The number of unbranched alkanes of at least 4 members (excludes halogenated alkanes) is 1. The van der Waals surface area contributed by atoms with Crippen molar-refractivity contribution in [2.45, 2.75) is 58.9 Å². The molecule has 1 aromatic heterocycles.